The molecule has 0 atom stereocenters. The van der Waals surface area contributed by atoms with Crippen LogP contribution in [0.1, 0.15) is 0 Å². The molecule has 0 aliphatic carbocycles. The van der Waals surface area contributed by atoms with Crippen molar-refractivity contribution in [2.24, 2.45) is 0 Å². The summed E-state index contributed by atoms with van der Waals surface area (Å²) in [6.07, 6.45) is 0. The van der Waals surface area contributed by atoms with E-state index in [2.05, 4.69) is 26.1 Å². The molecule has 2 aromatic carbocycles. The lowest BCUT2D eigenvalue weighted by atomic mass is 10.2. The van der Waals surface area contributed by atoms with Crippen LogP contribution in [0.5, 0.6) is 5.75 Å². The van der Waals surface area contributed by atoms with Gasteiger partial charge in [0.05, 0.1) is 10.6 Å². The van der Waals surface area contributed by atoms with Crippen molar-refractivity contribution in [3.8, 4) is 28.6 Å². The first-order chi connectivity index (χ1) is 10.0. The van der Waals surface area contributed by atoms with Crippen molar-refractivity contribution in [3.63, 3.8) is 0 Å². The Morgan fingerprint density at radius 2 is 1.90 bits per heavy atom. The van der Waals surface area contributed by atoms with Crippen molar-refractivity contribution in [1.82, 2.24) is 10.1 Å². The summed E-state index contributed by atoms with van der Waals surface area (Å²) in [5.74, 6) is -0.0736. The maximum absolute atomic E-state index is 13.0. The van der Waals surface area contributed by atoms with Crippen LogP contribution in [0, 0.1) is 5.82 Å². The lowest BCUT2D eigenvalue weighted by Gasteiger charge is -1.99. The van der Waals surface area contributed by atoms with Gasteiger partial charge < -0.3 is 9.63 Å². The van der Waals surface area contributed by atoms with Gasteiger partial charge in [-0.3, -0.25) is 0 Å². The Hall–Kier alpha value is -1.92. The normalized spacial score (nSPS) is 10.8. The molecule has 0 bridgehead atoms. The maximum atomic E-state index is 13.0. The first kappa shape index (κ1) is 14.0. The van der Waals surface area contributed by atoms with E-state index in [1.807, 2.05) is 0 Å². The molecule has 0 aliphatic rings. The minimum absolute atomic E-state index is 0.00442. The molecule has 1 heterocycles. The highest BCUT2D eigenvalue weighted by Crippen LogP contribution is 2.33. The molecule has 3 aromatic rings. The number of phenols is 1. The predicted octanol–water partition coefficient (Wildman–Crippen LogP) is 4.66. The zero-order valence-electron chi connectivity index (χ0n) is 10.3. The molecule has 7 heteroatoms. The van der Waals surface area contributed by atoms with Gasteiger partial charge in [0, 0.05) is 10.0 Å². The van der Waals surface area contributed by atoms with Crippen LogP contribution in [0.25, 0.3) is 22.8 Å². The van der Waals surface area contributed by atoms with Gasteiger partial charge >= 0.3 is 0 Å². The van der Waals surface area contributed by atoms with Crippen molar-refractivity contribution >= 4 is 27.5 Å². The van der Waals surface area contributed by atoms with Crippen molar-refractivity contribution in [2.45, 2.75) is 0 Å². The zero-order valence-corrected chi connectivity index (χ0v) is 12.7. The number of phenolic OH excluding ortho intramolecular Hbond substituents is 1. The number of aromatic hydroxyl groups is 1. The van der Waals surface area contributed by atoms with Crippen LogP contribution < -0.4 is 0 Å². The van der Waals surface area contributed by atoms with E-state index in [1.165, 1.54) is 24.3 Å². The third-order valence-electron chi connectivity index (χ3n) is 2.79. The van der Waals surface area contributed by atoms with Crippen LogP contribution in [0.3, 0.4) is 0 Å². The first-order valence-corrected chi connectivity index (χ1v) is 7.00. The number of rotatable bonds is 2. The van der Waals surface area contributed by atoms with Gasteiger partial charge in [-0.1, -0.05) is 32.7 Å². The third kappa shape index (κ3) is 2.77. The zero-order chi connectivity index (χ0) is 15.0. The van der Waals surface area contributed by atoms with Crippen LogP contribution in [-0.2, 0) is 0 Å². The third-order valence-corrected chi connectivity index (χ3v) is 3.59. The molecule has 0 saturated carbocycles. The molecular weight excluding hydrogens is 363 g/mol. The summed E-state index contributed by atoms with van der Waals surface area (Å²) in [6.45, 7) is 0. The van der Waals surface area contributed by atoms with E-state index in [1.54, 1.807) is 12.1 Å². The summed E-state index contributed by atoms with van der Waals surface area (Å²) in [6, 6.07) is 8.79. The molecule has 1 aromatic heterocycles. The second-order valence-corrected chi connectivity index (χ2v) is 5.53. The Balaban J connectivity index is 2.03. The molecule has 106 valence electrons. The van der Waals surface area contributed by atoms with Crippen molar-refractivity contribution < 1.29 is 14.0 Å². The average molecular weight is 370 g/mol. The van der Waals surface area contributed by atoms with Crippen LogP contribution >= 0.6 is 27.5 Å². The highest BCUT2D eigenvalue weighted by Gasteiger charge is 2.16. The number of benzene rings is 2. The van der Waals surface area contributed by atoms with E-state index in [9.17, 15) is 9.50 Å². The number of aromatic nitrogens is 2. The van der Waals surface area contributed by atoms with Gasteiger partial charge in [-0.15, -0.1) is 0 Å². The van der Waals surface area contributed by atoms with E-state index in [0.29, 0.717) is 11.1 Å². The molecule has 0 unspecified atom stereocenters. The van der Waals surface area contributed by atoms with Gasteiger partial charge in [0.2, 0.25) is 5.82 Å². The largest absolute Gasteiger partial charge is 0.507 e. The van der Waals surface area contributed by atoms with Crippen LogP contribution in [0.4, 0.5) is 4.39 Å². The highest BCUT2D eigenvalue weighted by molar-refractivity contribution is 9.10. The Morgan fingerprint density at radius 1 is 1.14 bits per heavy atom. The second kappa shape index (κ2) is 5.46. The fraction of sp³-hybridized carbons (Fsp3) is 0. The second-order valence-electron chi connectivity index (χ2n) is 4.21. The average Bonchev–Trinajstić information content (AvgIpc) is 2.87. The first-order valence-electron chi connectivity index (χ1n) is 5.82. The Labute approximate surface area is 132 Å². The van der Waals surface area contributed by atoms with Crippen molar-refractivity contribution in [1.29, 1.82) is 0 Å². The molecule has 0 aliphatic heterocycles. The Bertz CT molecular complexity index is 756. The van der Waals surface area contributed by atoms with E-state index in [4.69, 9.17) is 16.1 Å². The quantitative estimate of drug-likeness (QED) is 0.713. The van der Waals surface area contributed by atoms with E-state index < -0.39 is 5.82 Å². The van der Waals surface area contributed by atoms with Crippen LogP contribution in [-0.4, -0.2) is 15.2 Å². The topological polar surface area (TPSA) is 59.2 Å². The maximum Gasteiger partial charge on any atom is 0.261 e. The number of halogens is 3. The molecule has 3 rings (SSSR count). The number of nitrogens with zero attached hydrogens (tertiary/aromatic N) is 2. The molecule has 0 saturated heterocycles. The molecule has 0 spiro atoms. The smallest absolute Gasteiger partial charge is 0.261 e. The summed E-state index contributed by atoms with van der Waals surface area (Å²) in [4.78, 5) is 4.17. The molecule has 21 heavy (non-hydrogen) atoms. The summed E-state index contributed by atoms with van der Waals surface area (Å²) in [5.41, 5.74) is 0.847. The lowest BCUT2D eigenvalue weighted by molar-refractivity contribution is 0.425. The van der Waals surface area contributed by atoms with Gasteiger partial charge in [0.1, 0.15) is 11.6 Å². The number of hydrogen-bond acceptors (Lipinski definition) is 4. The van der Waals surface area contributed by atoms with E-state index in [0.717, 1.165) is 4.47 Å². The molecule has 0 amide bonds. The van der Waals surface area contributed by atoms with Gasteiger partial charge in [-0.25, -0.2) is 4.39 Å². The van der Waals surface area contributed by atoms with Crippen molar-refractivity contribution in [2.75, 3.05) is 0 Å². The van der Waals surface area contributed by atoms with Gasteiger partial charge in [-0.05, 0) is 36.4 Å². The fourth-order valence-corrected chi connectivity index (χ4v) is 2.40. The molecule has 0 radical (unpaired) electrons. The molecule has 1 N–H and O–H groups in total. The lowest BCUT2D eigenvalue weighted by Crippen LogP contribution is -1.84. The Morgan fingerprint density at radius 3 is 2.62 bits per heavy atom. The summed E-state index contributed by atoms with van der Waals surface area (Å²) in [7, 11) is 0. The monoisotopic (exact) mass is 368 g/mol. The fourth-order valence-electron chi connectivity index (χ4n) is 1.80. The minimum Gasteiger partial charge on any atom is -0.507 e. The molecule has 4 nitrogen and oxygen atoms in total. The summed E-state index contributed by atoms with van der Waals surface area (Å²) >= 11 is 9.20. The van der Waals surface area contributed by atoms with E-state index >= 15 is 0 Å². The molecule has 0 fully saturated rings. The predicted molar refractivity (Wildman–Crippen MR) is 79.5 cm³/mol. The van der Waals surface area contributed by atoms with Gasteiger partial charge in [0.15, 0.2) is 0 Å². The molecular formula is C14H7BrClFN2O2. The van der Waals surface area contributed by atoms with E-state index in [-0.39, 0.29) is 22.5 Å². The summed E-state index contributed by atoms with van der Waals surface area (Å²) < 4.78 is 18.9. The SMILES string of the molecule is Oc1cc(Br)ccc1-c1nc(-c2ccc(F)cc2Cl)no1. The van der Waals surface area contributed by atoms with Gasteiger partial charge in [0.25, 0.3) is 5.89 Å². The van der Waals surface area contributed by atoms with Gasteiger partial charge in [-0.2, -0.15) is 4.98 Å². The van der Waals surface area contributed by atoms with Crippen LogP contribution in [0.15, 0.2) is 45.4 Å². The van der Waals surface area contributed by atoms with Crippen molar-refractivity contribution in [3.05, 3.63) is 51.7 Å². The standard InChI is InChI=1S/C14H7BrClFN2O2/c15-7-1-3-10(12(20)5-7)14-18-13(19-21-14)9-4-2-8(17)6-11(9)16/h1-6,20H. The summed E-state index contributed by atoms with van der Waals surface area (Å²) in [5, 5.41) is 13.9. The number of hydrogen-bond donors (Lipinski definition) is 1. The van der Waals surface area contributed by atoms with Crippen LogP contribution in [0.2, 0.25) is 5.02 Å². The minimum atomic E-state index is -0.446. The highest BCUT2D eigenvalue weighted by atomic mass is 79.9. The Kier molecular flexibility index (Phi) is 3.65.